The fourth-order valence-electron chi connectivity index (χ4n) is 2.34. The second-order valence-corrected chi connectivity index (χ2v) is 5.81. The normalized spacial score (nSPS) is 12.0. The average molecular weight is 391 g/mol. The average Bonchev–Trinajstić information content (AvgIpc) is 2.62. The van der Waals surface area contributed by atoms with E-state index >= 15 is 0 Å². The van der Waals surface area contributed by atoms with E-state index in [1.165, 1.54) is 7.11 Å². The van der Waals surface area contributed by atoms with E-state index in [0.717, 1.165) is 25.0 Å². The Hall–Kier alpha value is -2.32. The lowest BCUT2D eigenvalue weighted by Crippen LogP contribution is -2.37. The number of hydrogen-bond acceptors (Lipinski definition) is 3. The molecule has 5 nitrogen and oxygen atoms in total. The molecule has 0 radical (unpaired) electrons. The molecular formula is C18H25F4N3O2. The smallest absolute Gasteiger partial charge is 0.416 e. The summed E-state index contributed by atoms with van der Waals surface area (Å²) in [6.07, 6.45) is -2.01. The summed E-state index contributed by atoms with van der Waals surface area (Å²) in [7, 11) is 1.34. The van der Waals surface area contributed by atoms with Crippen molar-refractivity contribution in [1.82, 2.24) is 10.6 Å². The minimum Gasteiger partial charge on any atom is -0.469 e. The van der Waals surface area contributed by atoms with Gasteiger partial charge in [-0.1, -0.05) is 12.5 Å². The van der Waals surface area contributed by atoms with E-state index < -0.39 is 17.6 Å². The molecule has 0 atom stereocenters. The van der Waals surface area contributed by atoms with Crippen LogP contribution < -0.4 is 10.6 Å². The van der Waals surface area contributed by atoms with Gasteiger partial charge in [-0.2, -0.15) is 13.2 Å². The number of guanidine groups is 1. The van der Waals surface area contributed by atoms with Crippen molar-refractivity contribution in [2.24, 2.45) is 4.99 Å². The molecule has 2 N–H and O–H groups in total. The number of alkyl halides is 3. The van der Waals surface area contributed by atoms with Crippen molar-refractivity contribution in [3.63, 3.8) is 0 Å². The van der Waals surface area contributed by atoms with Crippen molar-refractivity contribution in [2.45, 2.75) is 45.3 Å². The summed E-state index contributed by atoms with van der Waals surface area (Å²) in [5.41, 5.74) is -1.12. The highest BCUT2D eigenvalue weighted by Crippen LogP contribution is 2.32. The largest absolute Gasteiger partial charge is 0.469 e. The Kier molecular flexibility index (Phi) is 9.60. The number of carbonyl (C=O) groups is 1. The number of aliphatic imine (C=N–C) groups is 1. The van der Waals surface area contributed by atoms with Gasteiger partial charge in [-0.25, -0.2) is 9.38 Å². The third-order valence-electron chi connectivity index (χ3n) is 3.71. The number of halogens is 4. The van der Waals surface area contributed by atoms with Crippen LogP contribution in [0.15, 0.2) is 23.2 Å². The molecule has 0 heterocycles. The van der Waals surface area contributed by atoms with Gasteiger partial charge < -0.3 is 15.4 Å². The van der Waals surface area contributed by atoms with Gasteiger partial charge in [0, 0.05) is 19.5 Å². The number of methoxy groups -OCH3 is 1. The summed E-state index contributed by atoms with van der Waals surface area (Å²) in [5, 5.41) is 5.98. The second kappa shape index (κ2) is 11.4. The molecule has 0 unspecified atom stereocenters. The van der Waals surface area contributed by atoms with Gasteiger partial charge in [0.15, 0.2) is 5.96 Å². The predicted molar refractivity (Wildman–Crippen MR) is 94.7 cm³/mol. The number of ether oxygens (including phenoxy) is 1. The highest BCUT2D eigenvalue weighted by atomic mass is 19.4. The number of esters is 1. The van der Waals surface area contributed by atoms with Crippen molar-refractivity contribution >= 4 is 11.9 Å². The molecular weight excluding hydrogens is 366 g/mol. The van der Waals surface area contributed by atoms with Gasteiger partial charge in [-0.05, 0) is 37.5 Å². The summed E-state index contributed by atoms with van der Waals surface area (Å²) in [6, 6.07) is 2.56. The van der Waals surface area contributed by atoms with Crippen LogP contribution in [0.3, 0.4) is 0 Å². The highest BCUT2D eigenvalue weighted by molar-refractivity contribution is 5.79. The first-order valence-electron chi connectivity index (χ1n) is 8.72. The molecule has 0 aromatic heterocycles. The maximum atomic E-state index is 13.1. The third kappa shape index (κ3) is 8.74. The zero-order chi connectivity index (χ0) is 20.3. The van der Waals surface area contributed by atoms with Crippen molar-refractivity contribution in [1.29, 1.82) is 0 Å². The van der Waals surface area contributed by atoms with Crippen LogP contribution in [-0.2, 0) is 22.3 Å². The quantitative estimate of drug-likeness (QED) is 0.222. The van der Waals surface area contributed by atoms with Crippen LogP contribution in [0.1, 0.15) is 43.7 Å². The van der Waals surface area contributed by atoms with Crippen LogP contribution in [0, 0.1) is 5.82 Å². The number of nitrogens with zero attached hydrogens (tertiary/aromatic N) is 1. The second-order valence-electron chi connectivity index (χ2n) is 5.81. The maximum Gasteiger partial charge on any atom is 0.416 e. The molecule has 1 aromatic rings. The van der Waals surface area contributed by atoms with Crippen LogP contribution in [0.2, 0.25) is 0 Å². The van der Waals surface area contributed by atoms with Crippen molar-refractivity contribution in [3.05, 3.63) is 35.1 Å². The first-order chi connectivity index (χ1) is 12.8. The first kappa shape index (κ1) is 22.7. The molecule has 0 fully saturated rings. The van der Waals surface area contributed by atoms with Crippen molar-refractivity contribution < 1.29 is 27.1 Å². The standard InChI is InChI=1S/C18H25F4N3O2/c1-3-23-17(24-10-6-4-5-7-16(26)27-2)25-12-13-8-9-14(19)11-15(13)18(20,21)22/h8-9,11H,3-7,10,12H2,1-2H3,(H2,23,24,25). The van der Waals surface area contributed by atoms with Gasteiger partial charge in [0.2, 0.25) is 0 Å². The minimum atomic E-state index is -4.64. The van der Waals surface area contributed by atoms with E-state index in [0.29, 0.717) is 38.0 Å². The third-order valence-corrected chi connectivity index (χ3v) is 3.71. The lowest BCUT2D eigenvalue weighted by Gasteiger charge is -2.14. The van der Waals surface area contributed by atoms with E-state index in [1.807, 2.05) is 6.92 Å². The molecule has 27 heavy (non-hydrogen) atoms. The van der Waals surface area contributed by atoms with E-state index in [1.54, 1.807) is 0 Å². The van der Waals surface area contributed by atoms with E-state index in [9.17, 15) is 22.4 Å². The predicted octanol–water partition coefficient (Wildman–Crippen LogP) is 3.63. The number of benzene rings is 1. The van der Waals surface area contributed by atoms with Crippen molar-refractivity contribution in [3.8, 4) is 0 Å². The summed E-state index contributed by atoms with van der Waals surface area (Å²) < 4.78 is 56.8. The van der Waals surface area contributed by atoms with Crippen LogP contribution in [0.5, 0.6) is 0 Å². The molecule has 0 amide bonds. The number of unbranched alkanes of at least 4 members (excludes halogenated alkanes) is 2. The summed E-state index contributed by atoms with van der Waals surface area (Å²) in [6.45, 7) is 2.71. The number of hydrogen-bond donors (Lipinski definition) is 2. The van der Waals surface area contributed by atoms with Gasteiger partial charge in [-0.15, -0.1) is 0 Å². The molecule has 0 spiro atoms. The Bertz CT molecular complexity index is 634. The lowest BCUT2D eigenvalue weighted by atomic mass is 10.1. The van der Waals surface area contributed by atoms with E-state index in [4.69, 9.17) is 0 Å². The fourth-order valence-corrected chi connectivity index (χ4v) is 2.34. The maximum absolute atomic E-state index is 13.1. The van der Waals surface area contributed by atoms with E-state index in [2.05, 4.69) is 20.4 Å². The number of rotatable bonds is 9. The summed E-state index contributed by atoms with van der Waals surface area (Å²) in [5.74, 6) is -0.812. The van der Waals surface area contributed by atoms with Gasteiger partial charge in [0.05, 0.1) is 19.2 Å². The molecule has 0 aliphatic rings. The monoisotopic (exact) mass is 391 g/mol. The highest BCUT2D eigenvalue weighted by Gasteiger charge is 2.33. The van der Waals surface area contributed by atoms with Gasteiger partial charge in [-0.3, -0.25) is 4.79 Å². The molecule has 0 aliphatic carbocycles. The van der Waals surface area contributed by atoms with Crippen LogP contribution in [0.25, 0.3) is 0 Å². The Morgan fingerprint density at radius 3 is 2.56 bits per heavy atom. The number of nitrogens with one attached hydrogen (secondary N) is 2. The van der Waals surface area contributed by atoms with Crippen molar-refractivity contribution in [2.75, 3.05) is 20.2 Å². The summed E-state index contributed by atoms with van der Waals surface area (Å²) >= 11 is 0. The number of carbonyl (C=O) groups excluding carboxylic acids is 1. The van der Waals surface area contributed by atoms with Gasteiger partial charge >= 0.3 is 12.1 Å². The molecule has 152 valence electrons. The molecule has 0 aliphatic heterocycles. The minimum absolute atomic E-state index is 0.0980. The van der Waals surface area contributed by atoms with Crippen LogP contribution >= 0.6 is 0 Å². The van der Waals surface area contributed by atoms with E-state index in [-0.39, 0.29) is 18.1 Å². The first-order valence-corrected chi connectivity index (χ1v) is 8.72. The Balaban J connectivity index is 2.60. The van der Waals surface area contributed by atoms with Gasteiger partial charge in [0.25, 0.3) is 0 Å². The van der Waals surface area contributed by atoms with Crippen LogP contribution in [0.4, 0.5) is 17.6 Å². The molecule has 9 heteroatoms. The molecule has 0 saturated carbocycles. The Morgan fingerprint density at radius 2 is 1.93 bits per heavy atom. The lowest BCUT2D eigenvalue weighted by molar-refractivity contribution is -0.141. The topological polar surface area (TPSA) is 62.7 Å². The SMILES string of the molecule is CCNC(=NCc1ccc(F)cc1C(F)(F)F)NCCCCCC(=O)OC. The van der Waals surface area contributed by atoms with Gasteiger partial charge in [0.1, 0.15) is 5.82 Å². The molecule has 1 rings (SSSR count). The molecule has 1 aromatic carbocycles. The molecule has 0 bridgehead atoms. The fraction of sp³-hybridized carbons (Fsp3) is 0.556. The zero-order valence-electron chi connectivity index (χ0n) is 15.5. The zero-order valence-corrected chi connectivity index (χ0v) is 15.5. The summed E-state index contributed by atoms with van der Waals surface area (Å²) in [4.78, 5) is 15.2. The molecule has 0 saturated heterocycles. The Labute approximate surface area is 156 Å². The van der Waals surface area contributed by atoms with Crippen LogP contribution in [-0.4, -0.2) is 32.1 Å². The Morgan fingerprint density at radius 1 is 1.19 bits per heavy atom.